The monoisotopic (exact) mass is 403 g/mol. The minimum Gasteiger partial charge on any atom is -0.444 e. The zero-order valence-corrected chi connectivity index (χ0v) is 18.4. The van der Waals surface area contributed by atoms with Crippen molar-refractivity contribution in [3.63, 3.8) is 0 Å². The number of nitrogens with zero attached hydrogens (tertiary/aromatic N) is 4. The number of likely N-dealkylation sites (N-methyl/N-ethyl adjacent to an activating group) is 1. The van der Waals surface area contributed by atoms with Crippen LogP contribution < -0.4 is 5.32 Å². The third-order valence-corrected chi connectivity index (χ3v) is 6.47. The molecule has 0 bridgehead atoms. The van der Waals surface area contributed by atoms with E-state index >= 15 is 0 Å². The number of hydrogen-bond acceptors (Lipinski definition) is 5. The topological polar surface area (TPSA) is 56.9 Å². The highest BCUT2D eigenvalue weighted by molar-refractivity contribution is 7.09. The number of guanidine groups is 1. The normalized spacial score (nSPS) is 16.5. The Morgan fingerprint density at radius 2 is 2.18 bits per heavy atom. The number of likely N-dealkylation sites (tertiary alicyclic amines) is 1. The van der Waals surface area contributed by atoms with E-state index in [4.69, 9.17) is 4.42 Å². The second-order valence-corrected chi connectivity index (χ2v) is 8.68. The molecule has 2 aromatic rings. The van der Waals surface area contributed by atoms with Gasteiger partial charge in [-0.25, -0.2) is 4.98 Å². The van der Waals surface area contributed by atoms with Crippen LogP contribution in [0.4, 0.5) is 0 Å². The summed E-state index contributed by atoms with van der Waals surface area (Å²) in [6.07, 6.45) is 3.45. The van der Waals surface area contributed by atoms with Crippen molar-refractivity contribution in [3.8, 4) is 0 Å². The predicted molar refractivity (Wildman–Crippen MR) is 116 cm³/mol. The predicted octanol–water partition coefficient (Wildman–Crippen LogP) is 3.31. The average molecular weight is 404 g/mol. The van der Waals surface area contributed by atoms with Crippen molar-refractivity contribution in [2.24, 2.45) is 10.9 Å². The van der Waals surface area contributed by atoms with Crippen LogP contribution in [0, 0.1) is 19.8 Å². The van der Waals surface area contributed by atoms with E-state index < -0.39 is 0 Å². The molecule has 0 amide bonds. The van der Waals surface area contributed by atoms with E-state index in [9.17, 15) is 0 Å². The van der Waals surface area contributed by atoms with Crippen LogP contribution in [0.1, 0.15) is 35.1 Å². The molecule has 1 saturated heterocycles. The highest BCUT2D eigenvalue weighted by Gasteiger charge is 2.21. The smallest absolute Gasteiger partial charge is 0.208 e. The molecule has 0 atom stereocenters. The van der Waals surface area contributed by atoms with Gasteiger partial charge in [0.15, 0.2) is 5.96 Å². The van der Waals surface area contributed by atoms with Crippen molar-refractivity contribution in [1.82, 2.24) is 20.1 Å². The number of piperidine rings is 1. The summed E-state index contributed by atoms with van der Waals surface area (Å²) in [4.78, 5) is 15.1. The Kier molecular flexibility index (Phi) is 7.50. The lowest BCUT2D eigenvalue weighted by Crippen LogP contribution is -2.44. The van der Waals surface area contributed by atoms with Crippen LogP contribution in [0.5, 0.6) is 0 Å². The van der Waals surface area contributed by atoms with E-state index in [0.29, 0.717) is 5.92 Å². The van der Waals surface area contributed by atoms with Gasteiger partial charge < -0.3 is 14.6 Å². The number of nitrogens with one attached hydrogen (secondary N) is 1. The van der Waals surface area contributed by atoms with Crippen LogP contribution in [0.2, 0.25) is 0 Å². The lowest BCUT2D eigenvalue weighted by Gasteiger charge is -2.32. The molecule has 0 spiro atoms. The van der Waals surface area contributed by atoms with Gasteiger partial charge in [0.2, 0.25) is 5.89 Å². The van der Waals surface area contributed by atoms with E-state index in [1.54, 1.807) is 0 Å². The maximum absolute atomic E-state index is 5.73. The molecule has 1 aliphatic rings. The van der Waals surface area contributed by atoms with Crippen molar-refractivity contribution >= 4 is 17.3 Å². The highest BCUT2D eigenvalue weighted by Crippen LogP contribution is 2.19. The molecule has 0 saturated carbocycles. The van der Waals surface area contributed by atoms with E-state index in [2.05, 4.69) is 49.7 Å². The molecule has 0 aromatic carbocycles. The summed E-state index contributed by atoms with van der Waals surface area (Å²) in [5.74, 6) is 3.46. The Morgan fingerprint density at radius 3 is 2.79 bits per heavy atom. The first-order valence-corrected chi connectivity index (χ1v) is 11.0. The molecular formula is C21H33N5OS. The first-order valence-electron chi connectivity index (χ1n) is 10.1. The molecule has 1 fully saturated rings. The highest BCUT2D eigenvalue weighted by atomic mass is 32.1. The fraction of sp³-hybridized carbons (Fsp3) is 0.619. The largest absolute Gasteiger partial charge is 0.444 e. The molecule has 154 valence electrons. The minimum absolute atomic E-state index is 0.687. The number of aryl methyl sites for hydroxylation is 2. The Hall–Kier alpha value is -1.86. The SMILES string of the molecule is CN=C(NCC1CCN(Cc2nc(C)c(C)o2)CC1)N(C)CCc1cccs1. The number of rotatable bonds is 7. The molecule has 6 nitrogen and oxygen atoms in total. The summed E-state index contributed by atoms with van der Waals surface area (Å²) in [6.45, 7) is 8.97. The maximum Gasteiger partial charge on any atom is 0.208 e. The zero-order valence-electron chi connectivity index (χ0n) is 17.6. The number of aromatic nitrogens is 1. The first-order chi connectivity index (χ1) is 13.5. The Morgan fingerprint density at radius 1 is 1.39 bits per heavy atom. The first kappa shape index (κ1) is 20.9. The molecule has 3 rings (SSSR count). The van der Waals surface area contributed by atoms with Crippen LogP contribution in [-0.2, 0) is 13.0 Å². The van der Waals surface area contributed by atoms with Crippen LogP contribution >= 0.6 is 11.3 Å². The molecule has 28 heavy (non-hydrogen) atoms. The Bertz CT molecular complexity index is 727. The number of aliphatic imine (C=N–C) groups is 1. The van der Waals surface area contributed by atoms with Crippen LogP contribution in [-0.4, -0.2) is 61.0 Å². The van der Waals surface area contributed by atoms with Crippen molar-refractivity contribution in [2.45, 2.75) is 39.7 Å². The van der Waals surface area contributed by atoms with Gasteiger partial charge in [-0.15, -0.1) is 11.3 Å². The molecule has 1 aliphatic heterocycles. The number of oxazole rings is 1. The molecule has 3 heterocycles. The summed E-state index contributed by atoms with van der Waals surface area (Å²) >= 11 is 1.82. The van der Waals surface area contributed by atoms with Gasteiger partial charge in [0.05, 0.1) is 12.2 Å². The van der Waals surface area contributed by atoms with Gasteiger partial charge in [-0.3, -0.25) is 9.89 Å². The fourth-order valence-corrected chi connectivity index (χ4v) is 4.30. The Balaban J connectivity index is 1.37. The van der Waals surface area contributed by atoms with E-state index in [1.807, 2.05) is 32.2 Å². The van der Waals surface area contributed by atoms with Gasteiger partial charge >= 0.3 is 0 Å². The summed E-state index contributed by atoms with van der Waals surface area (Å²) in [5.41, 5.74) is 1.00. The summed E-state index contributed by atoms with van der Waals surface area (Å²) in [5, 5.41) is 5.71. The van der Waals surface area contributed by atoms with Crippen molar-refractivity contribution in [3.05, 3.63) is 39.7 Å². The number of hydrogen-bond donors (Lipinski definition) is 1. The molecular weight excluding hydrogens is 370 g/mol. The second-order valence-electron chi connectivity index (χ2n) is 7.65. The molecule has 0 radical (unpaired) electrons. The summed E-state index contributed by atoms with van der Waals surface area (Å²) in [6, 6.07) is 4.31. The van der Waals surface area contributed by atoms with Gasteiger partial charge in [0, 0.05) is 32.1 Å². The van der Waals surface area contributed by atoms with Crippen LogP contribution in [0.25, 0.3) is 0 Å². The second kappa shape index (κ2) is 10.1. The minimum atomic E-state index is 0.687. The zero-order chi connectivity index (χ0) is 19.9. The molecule has 1 N–H and O–H groups in total. The molecule has 7 heteroatoms. The van der Waals surface area contributed by atoms with Gasteiger partial charge in [-0.05, 0) is 63.6 Å². The van der Waals surface area contributed by atoms with Crippen LogP contribution in [0.3, 0.4) is 0 Å². The third kappa shape index (κ3) is 5.82. The fourth-order valence-electron chi connectivity index (χ4n) is 3.61. The van der Waals surface area contributed by atoms with Gasteiger partial charge in [-0.1, -0.05) is 6.07 Å². The van der Waals surface area contributed by atoms with E-state index in [-0.39, 0.29) is 0 Å². The van der Waals surface area contributed by atoms with Gasteiger partial charge in [0.25, 0.3) is 0 Å². The molecule has 0 unspecified atom stereocenters. The number of thiophene rings is 1. The molecule has 0 aliphatic carbocycles. The maximum atomic E-state index is 5.73. The van der Waals surface area contributed by atoms with Crippen molar-refractivity contribution in [1.29, 1.82) is 0 Å². The van der Waals surface area contributed by atoms with Crippen molar-refractivity contribution in [2.75, 3.05) is 40.3 Å². The molecule has 2 aromatic heterocycles. The van der Waals surface area contributed by atoms with Gasteiger partial charge in [-0.2, -0.15) is 0 Å². The van der Waals surface area contributed by atoms with Crippen molar-refractivity contribution < 1.29 is 4.42 Å². The Labute approximate surface area is 172 Å². The third-order valence-electron chi connectivity index (χ3n) is 5.53. The van der Waals surface area contributed by atoms with E-state index in [1.165, 1.54) is 17.7 Å². The standard InChI is InChI=1S/C21H33N5OS/c1-16-17(2)27-20(24-16)15-26-11-7-18(8-12-26)14-23-21(22-3)25(4)10-9-19-6-5-13-28-19/h5-6,13,18H,7-12,14-15H2,1-4H3,(H,22,23). The van der Waals surface area contributed by atoms with Crippen LogP contribution in [0.15, 0.2) is 26.9 Å². The lowest BCUT2D eigenvalue weighted by molar-refractivity contribution is 0.163. The average Bonchev–Trinajstić information content (AvgIpc) is 3.31. The summed E-state index contributed by atoms with van der Waals surface area (Å²) in [7, 11) is 3.98. The van der Waals surface area contributed by atoms with Gasteiger partial charge in [0.1, 0.15) is 5.76 Å². The quantitative estimate of drug-likeness (QED) is 0.568. The lowest BCUT2D eigenvalue weighted by atomic mass is 9.97. The van der Waals surface area contributed by atoms with E-state index in [0.717, 1.165) is 62.4 Å². The summed E-state index contributed by atoms with van der Waals surface area (Å²) < 4.78 is 5.73.